The molecule has 5 heteroatoms. The lowest BCUT2D eigenvalue weighted by molar-refractivity contribution is 0.102. The number of carbonyl (C=O) groups is 1. The highest BCUT2D eigenvalue weighted by Crippen LogP contribution is 2.11. The summed E-state index contributed by atoms with van der Waals surface area (Å²) < 4.78 is 1.57. The standard InChI is InChI=1S/C13H12N4O/c1-17-9-7-12(16-17)13(18)15-11-4-2-10(3-5-11)6-8-14/h2-5,7,9H,6H2,1H3,(H,15,18). The molecule has 0 saturated carbocycles. The first-order valence-corrected chi connectivity index (χ1v) is 5.46. The van der Waals surface area contributed by atoms with Crippen molar-refractivity contribution in [2.45, 2.75) is 6.42 Å². The highest BCUT2D eigenvalue weighted by atomic mass is 16.1. The van der Waals surface area contributed by atoms with Gasteiger partial charge >= 0.3 is 0 Å². The first-order chi connectivity index (χ1) is 8.69. The summed E-state index contributed by atoms with van der Waals surface area (Å²) in [6.07, 6.45) is 2.08. The van der Waals surface area contributed by atoms with Gasteiger partial charge in [0.05, 0.1) is 12.5 Å². The number of hydrogen-bond donors (Lipinski definition) is 1. The van der Waals surface area contributed by atoms with Crippen LogP contribution in [0.15, 0.2) is 36.5 Å². The summed E-state index contributed by atoms with van der Waals surface area (Å²) in [7, 11) is 1.76. The molecule has 0 unspecified atom stereocenters. The Morgan fingerprint density at radius 1 is 1.39 bits per heavy atom. The van der Waals surface area contributed by atoms with Gasteiger partial charge in [-0.15, -0.1) is 0 Å². The minimum Gasteiger partial charge on any atom is -0.321 e. The number of aryl methyl sites for hydroxylation is 1. The van der Waals surface area contributed by atoms with Crippen LogP contribution in [-0.4, -0.2) is 15.7 Å². The van der Waals surface area contributed by atoms with Gasteiger partial charge in [-0.05, 0) is 23.8 Å². The van der Waals surface area contributed by atoms with Gasteiger partial charge in [-0.25, -0.2) is 0 Å². The van der Waals surface area contributed by atoms with Crippen molar-refractivity contribution < 1.29 is 4.79 Å². The molecule has 0 saturated heterocycles. The maximum Gasteiger partial charge on any atom is 0.276 e. The Hall–Kier alpha value is -2.61. The molecule has 1 aromatic heterocycles. The molecule has 18 heavy (non-hydrogen) atoms. The lowest BCUT2D eigenvalue weighted by atomic mass is 10.1. The van der Waals surface area contributed by atoms with E-state index in [0.717, 1.165) is 5.56 Å². The fourth-order valence-electron chi connectivity index (χ4n) is 1.53. The number of nitrogens with zero attached hydrogens (tertiary/aromatic N) is 3. The molecule has 1 aromatic carbocycles. The van der Waals surface area contributed by atoms with E-state index in [-0.39, 0.29) is 5.91 Å². The number of amides is 1. The van der Waals surface area contributed by atoms with E-state index < -0.39 is 0 Å². The van der Waals surface area contributed by atoms with Gasteiger partial charge in [0.1, 0.15) is 0 Å². The Bertz CT molecular complexity index is 592. The summed E-state index contributed by atoms with van der Waals surface area (Å²) in [6, 6.07) is 10.9. The molecule has 0 spiro atoms. The minimum absolute atomic E-state index is 0.247. The molecule has 0 aliphatic rings. The number of benzene rings is 1. The van der Waals surface area contributed by atoms with Crippen molar-refractivity contribution >= 4 is 11.6 Å². The summed E-state index contributed by atoms with van der Waals surface area (Å²) >= 11 is 0. The lowest BCUT2D eigenvalue weighted by Crippen LogP contribution is -2.12. The largest absolute Gasteiger partial charge is 0.321 e. The topological polar surface area (TPSA) is 70.7 Å². The van der Waals surface area contributed by atoms with Gasteiger partial charge in [0.2, 0.25) is 0 Å². The van der Waals surface area contributed by atoms with Crippen LogP contribution in [-0.2, 0) is 13.5 Å². The van der Waals surface area contributed by atoms with E-state index >= 15 is 0 Å². The first-order valence-electron chi connectivity index (χ1n) is 5.46. The van der Waals surface area contributed by atoms with Gasteiger partial charge in [0.25, 0.3) is 5.91 Å². The van der Waals surface area contributed by atoms with E-state index in [1.807, 2.05) is 12.1 Å². The van der Waals surface area contributed by atoms with Crippen molar-refractivity contribution in [1.82, 2.24) is 9.78 Å². The predicted octanol–water partition coefficient (Wildman–Crippen LogP) is 1.74. The van der Waals surface area contributed by atoms with Crippen LogP contribution >= 0.6 is 0 Å². The second-order valence-corrected chi connectivity index (χ2v) is 3.86. The third-order valence-electron chi connectivity index (χ3n) is 2.44. The summed E-state index contributed by atoms with van der Waals surface area (Å²) in [5.74, 6) is -0.247. The van der Waals surface area contributed by atoms with Gasteiger partial charge < -0.3 is 5.32 Å². The molecule has 0 fully saturated rings. The van der Waals surface area contributed by atoms with Gasteiger partial charge in [-0.2, -0.15) is 10.4 Å². The summed E-state index contributed by atoms with van der Waals surface area (Å²) in [4.78, 5) is 11.8. The normalized spacial score (nSPS) is 9.78. The second-order valence-electron chi connectivity index (χ2n) is 3.86. The van der Waals surface area contributed by atoms with E-state index in [2.05, 4.69) is 16.5 Å². The Balaban J connectivity index is 2.05. The molecule has 2 rings (SSSR count). The third kappa shape index (κ3) is 2.74. The number of nitriles is 1. The van der Waals surface area contributed by atoms with Crippen molar-refractivity contribution in [3.63, 3.8) is 0 Å². The molecular formula is C13H12N4O. The Morgan fingerprint density at radius 2 is 2.11 bits per heavy atom. The highest BCUT2D eigenvalue weighted by molar-refractivity contribution is 6.02. The van der Waals surface area contributed by atoms with Gasteiger partial charge in [-0.3, -0.25) is 9.48 Å². The molecule has 1 heterocycles. The van der Waals surface area contributed by atoms with E-state index in [1.165, 1.54) is 0 Å². The molecule has 0 atom stereocenters. The average Bonchev–Trinajstić information content (AvgIpc) is 2.79. The van der Waals surface area contributed by atoms with Crippen LogP contribution in [0, 0.1) is 11.3 Å². The number of anilines is 1. The third-order valence-corrected chi connectivity index (χ3v) is 2.44. The van der Waals surface area contributed by atoms with Gasteiger partial charge in [0, 0.05) is 18.9 Å². The van der Waals surface area contributed by atoms with Crippen LogP contribution in [0.5, 0.6) is 0 Å². The lowest BCUT2D eigenvalue weighted by Gasteiger charge is -2.03. The molecular weight excluding hydrogens is 228 g/mol. The zero-order chi connectivity index (χ0) is 13.0. The molecule has 0 bridgehead atoms. The fraction of sp³-hybridized carbons (Fsp3) is 0.154. The van der Waals surface area contributed by atoms with Crippen LogP contribution in [0.3, 0.4) is 0 Å². The monoisotopic (exact) mass is 240 g/mol. The van der Waals surface area contributed by atoms with Crippen LogP contribution in [0.2, 0.25) is 0 Å². The van der Waals surface area contributed by atoms with Crippen LogP contribution in [0.25, 0.3) is 0 Å². The van der Waals surface area contributed by atoms with Gasteiger partial charge in [0.15, 0.2) is 5.69 Å². The average molecular weight is 240 g/mol. The zero-order valence-corrected chi connectivity index (χ0v) is 9.92. The Labute approximate surface area is 105 Å². The Morgan fingerprint density at radius 3 is 2.67 bits per heavy atom. The first kappa shape index (κ1) is 11.9. The summed E-state index contributed by atoms with van der Waals surface area (Å²) in [5.41, 5.74) is 1.99. The molecule has 2 aromatic rings. The molecule has 5 nitrogen and oxygen atoms in total. The van der Waals surface area contributed by atoms with Crippen molar-refractivity contribution in [3.8, 4) is 6.07 Å². The number of carbonyl (C=O) groups excluding carboxylic acids is 1. The van der Waals surface area contributed by atoms with Crippen LogP contribution in [0.4, 0.5) is 5.69 Å². The molecule has 0 aliphatic carbocycles. The maximum atomic E-state index is 11.8. The number of nitrogens with one attached hydrogen (secondary N) is 1. The van der Waals surface area contributed by atoms with Crippen molar-refractivity contribution in [3.05, 3.63) is 47.8 Å². The van der Waals surface area contributed by atoms with Crippen molar-refractivity contribution in [2.75, 3.05) is 5.32 Å². The Kier molecular flexibility index (Phi) is 3.39. The fourth-order valence-corrected chi connectivity index (χ4v) is 1.53. The molecule has 1 amide bonds. The van der Waals surface area contributed by atoms with Crippen molar-refractivity contribution in [1.29, 1.82) is 5.26 Å². The van der Waals surface area contributed by atoms with Crippen LogP contribution in [0.1, 0.15) is 16.1 Å². The zero-order valence-electron chi connectivity index (χ0n) is 9.92. The number of hydrogen-bond acceptors (Lipinski definition) is 3. The quantitative estimate of drug-likeness (QED) is 0.888. The predicted molar refractivity (Wildman–Crippen MR) is 66.9 cm³/mol. The molecule has 1 N–H and O–H groups in total. The SMILES string of the molecule is Cn1ccc(C(=O)Nc2ccc(CC#N)cc2)n1. The van der Waals surface area contributed by atoms with E-state index in [1.54, 1.807) is 36.1 Å². The minimum atomic E-state index is -0.247. The van der Waals surface area contributed by atoms with E-state index in [4.69, 9.17) is 5.26 Å². The van der Waals surface area contributed by atoms with Gasteiger partial charge in [-0.1, -0.05) is 12.1 Å². The summed E-state index contributed by atoms with van der Waals surface area (Å²) in [6.45, 7) is 0. The van der Waals surface area contributed by atoms with E-state index in [0.29, 0.717) is 17.8 Å². The maximum absolute atomic E-state index is 11.8. The summed E-state index contributed by atoms with van der Waals surface area (Å²) in [5, 5.41) is 15.3. The van der Waals surface area contributed by atoms with Crippen LogP contribution < -0.4 is 5.32 Å². The number of aromatic nitrogens is 2. The van der Waals surface area contributed by atoms with Crippen molar-refractivity contribution in [2.24, 2.45) is 7.05 Å². The smallest absolute Gasteiger partial charge is 0.276 e. The molecule has 90 valence electrons. The molecule has 0 radical (unpaired) electrons. The molecule has 0 aliphatic heterocycles. The second kappa shape index (κ2) is 5.15. The number of rotatable bonds is 3. The van der Waals surface area contributed by atoms with E-state index in [9.17, 15) is 4.79 Å². The highest BCUT2D eigenvalue weighted by Gasteiger charge is 2.08.